The zero-order chi connectivity index (χ0) is 20.8. The van der Waals surface area contributed by atoms with Crippen LogP contribution in [-0.4, -0.2) is 27.3 Å². The summed E-state index contributed by atoms with van der Waals surface area (Å²) in [6.45, 7) is 6.76. The van der Waals surface area contributed by atoms with Crippen LogP contribution in [0.4, 0.5) is 0 Å². The molecule has 29 heavy (non-hydrogen) atoms. The third-order valence-corrected chi connectivity index (χ3v) is 6.40. The number of amides is 1. The van der Waals surface area contributed by atoms with E-state index in [4.69, 9.17) is 0 Å². The lowest BCUT2D eigenvalue weighted by atomic mass is 10.1. The molecule has 1 amide bonds. The maximum absolute atomic E-state index is 12.8. The third kappa shape index (κ3) is 5.93. The van der Waals surface area contributed by atoms with Gasteiger partial charge in [-0.05, 0) is 42.7 Å². The Morgan fingerprint density at radius 3 is 2.69 bits per heavy atom. The number of aryl methyl sites for hydroxylation is 1. The fraction of sp³-hybridized carbons (Fsp3) is 0.409. The SMILES string of the molecule is CC(C)Cn1c(SCC(=O)N[C@H](C)CCc2ccccc2)nc2ccsc2c1=O. The van der Waals surface area contributed by atoms with Crippen LogP contribution in [0.1, 0.15) is 32.8 Å². The molecule has 5 nitrogen and oxygen atoms in total. The van der Waals surface area contributed by atoms with Gasteiger partial charge in [-0.2, -0.15) is 0 Å². The zero-order valence-electron chi connectivity index (χ0n) is 17.1. The van der Waals surface area contributed by atoms with E-state index in [2.05, 4.69) is 36.3 Å². The number of thioether (sulfide) groups is 1. The number of hydrogen-bond donors (Lipinski definition) is 1. The van der Waals surface area contributed by atoms with Gasteiger partial charge < -0.3 is 5.32 Å². The number of benzene rings is 1. The van der Waals surface area contributed by atoms with Gasteiger partial charge in [-0.25, -0.2) is 4.98 Å². The number of thiophene rings is 1. The summed E-state index contributed by atoms with van der Waals surface area (Å²) in [6, 6.07) is 12.2. The molecule has 1 atom stereocenters. The minimum absolute atomic E-state index is 0.0159. The highest BCUT2D eigenvalue weighted by Crippen LogP contribution is 2.21. The molecule has 2 heterocycles. The first kappa shape index (κ1) is 21.6. The molecule has 1 aromatic carbocycles. The largest absolute Gasteiger partial charge is 0.353 e. The van der Waals surface area contributed by atoms with E-state index in [1.165, 1.54) is 28.7 Å². The van der Waals surface area contributed by atoms with Gasteiger partial charge in [0.25, 0.3) is 5.56 Å². The number of aromatic nitrogens is 2. The monoisotopic (exact) mass is 429 g/mol. The van der Waals surface area contributed by atoms with Gasteiger partial charge in [-0.1, -0.05) is 55.9 Å². The van der Waals surface area contributed by atoms with E-state index in [0.717, 1.165) is 12.8 Å². The van der Waals surface area contributed by atoms with Gasteiger partial charge in [0.2, 0.25) is 5.91 Å². The smallest absolute Gasteiger partial charge is 0.272 e. The molecular weight excluding hydrogens is 402 g/mol. The van der Waals surface area contributed by atoms with Crippen LogP contribution in [0.5, 0.6) is 0 Å². The highest BCUT2D eigenvalue weighted by Gasteiger charge is 2.16. The Bertz CT molecular complexity index is 1010. The van der Waals surface area contributed by atoms with Crippen molar-refractivity contribution < 1.29 is 4.79 Å². The predicted octanol–water partition coefficient (Wildman–Crippen LogP) is 4.34. The third-order valence-electron chi connectivity index (χ3n) is 4.53. The first-order valence-corrected chi connectivity index (χ1v) is 11.7. The number of fused-ring (bicyclic) bond motifs is 1. The fourth-order valence-electron chi connectivity index (χ4n) is 3.11. The van der Waals surface area contributed by atoms with Gasteiger partial charge >= 0.3 is 0 Å². The standard InChI is InChI=1S/C22H27N3O2S2/c1-15(2)13-25-21(27)20-18(11-12-28-20)24-22(25)29-14-19(26)23-16(3)9-10-17-7-5-4-6-8-17/h4-8,11-12,15-16H,9-10,13-14H2,1-3H3,(H,23,26)/t16-/m1/s1. The average Bonchev–Trinajstić information content (AvgIpc) is 3.16. The van der Waals surface area contributed by atoms with E-state index >= 15 is 0 Å². The Hall–Kier alpha value is -2.12. The Balaban J connectivity index is 1.60. The molecule has 1 N–H and O–H groups in total. The van der Waals surface area contributed by atoms with E-state index in [0.29, 0.717) is 27.8 Å². The lowest BCUT2D eigenvalue weighted by molar-refractivity contribution is -0.119. The number of hydrogen-bond acceptors (Lipinski definition) is 5. The van der Waals surface area contributed by atoms with Crippen LogP contribution in [0.15, 0.2) is 51.7 Å². The summed E-state index contributed by atoms with van der Waals surface area (Å²) in [5.74, 6) is 0.528. The van der Waals surface area contributed by atoms with Crippen molar-refractivity contribution in [3.8, 4) is 0 Å². The average molecular weight is 430 g/mol. The van der Waals surface area contributed by atoms with E-state index in [9.17, 15) is 9.59 Å². The summed E-state index contributed by atoms with van der Waals surface area (Å²) in [5, 5.41) is 5.55. The highest BCUT2D eigenvalue weighted by molar-refractivity contribution is 7.99. The van der Waals surface area contributed by atoms with Gasteiger partial charge in [-0.3, -0.25) is 14.2 Å². The number of nitrogens with zero attached hydrogens (tertiary/aromatic N) is 2. The van der Waals surface area contributed by atoms with Crippen LogP contribution >= 0.6 is 23.1 Å². The molecule has 7 heteroatoms. The summed E-state index contributed by atoms with van der Waals surface area (Å²) in [6.07, 6.45) is 1.82. The molecule has 0 radical (unpaired) electrons. The van der Waals surface area contributed by atoms with E-state index in [1.807, 2.05) is 36.6 Å². The molecule has 0 unspecified atom stereocenters. The first-order chi connectivity index (χ1) is 13.9. The van der Waals surface area contributed by atoms with Crippen molar-refractivity contribution in [1.29, 1.82) is 0 Å². The van der Waals surface area contributed by atoms with Crippen molar-refractivity contribution in [2.24, 2.45) is 5.92 Å². The van der Waals surface area contributed by atoms with E-state index in [1.54, 1.807) is 4.57 Å². The number of carbonyl (C=O) groups is 1. The quantitative estimate of drug-likeness (QED) is 0.406. The molecule has 3 rings (SSSR count). The minimum Gasteiger partial charge on any atom is -0.353 e. The van der Waals surface area contributed by atoms with Crippen LogP contribution in [0.25, 0.3) is 10.2 Å². The number of carbonyl (C=O) groups excluding carboxylic acids is 1. The molecule has 154 valence electrons. The van der Waals surface area contributed by atoms with Crippen LogP contribution in [0.2, 0.25) is 0 Å². The van der Waals surface area contributed by atoms with Crippen molar-refractivity contribution >= 4 is 39.2 Å². The van der Waals surface area contributed by atoms with Gasteiger partial charge in [0.1, 0.15) is 4.70 Å². The molecule has 0 aliphatic rings. The topological polar surface area (TPSA) is 64.0 Å². The molecule has 0 bridgehead atoms. The minimum atomic E-state index is -0.0358. The Labute approximate surface area is 179 Å². The second-order valence-corrected chi connectivity index (χ2v) is 9.48. The summed E-state index contributed by atoms with van der Waals surface area (Å²) in [5.41, 5.74) is 1.96. The summed E-state index contributed by atoms with van der Waals surface area (Å²) >= 11 is 2.75. The molecular formula is C22H27N3O2S2. The number of nitrogens with one attached hydrogen (secondary N) is 1. The number of rotatable bonds is 9. The summed E-state index contributed by atoms with van der Waals surface area (Å²) in [7, 11) is 0. The van der Waals surface area contributed by atoms with Gasteiger partial charge in [0, 0.05) is 12.6 Å². The van der Waals surface area contributed by atoms with Gasteiger partial charge in [-0.15, -0.1) is 11.3 Å². The van der Waals surface area contributed by atoms with Crippen LogP contribution in [0.3, 0.4) is 0 Å². The molecule has 2 aromatic heterocycles. The van der Waals surface area contributed by atoms with Crippen LogP contribution in [0, 0.1) is 5.92 Å². The first-order valence-electron chi connectivity index (χ1n) is 9.88. The van der Waals surface area contributed by atoms with Crippen molar-refractivity contribution in [2.45, 2.75) is 51.4 Å². The fourth-order valence-corrected chi connectivity index (χ4v) is 4.70. The Morgan fingerprint density at radius 1 is 1.21 bits per heavy atom. The second-order valence-electron chi connectivity index (χ2n) is 7.62. The molecule has 3 aromatic rings. The molecule has 0 saturated carbocycles. The summed E-state index contributed by atoms with van der Waals surface area (Å²) in [4.78, 5) is 29.9. The normalized spacial score (nSPS) is 12.4. The van der Waals surface area contributed by atoms with Gasteiger partial charge in [0.15, 0.2) is 5.16 Å². The van der Waals surface area contributed by atoms with Gasteiger partial charge in [0.05, 0.1) is 11.3 Å². The maximum atomic E-state index is 12.8. The maximum Gasteiger partial charge on any atom is 0.272 e. The van der Waals surface area contributed by atoms with E-state index < -0.39 is 0 Å². The van der Waals surface area contributed by atoms with Crippen molar-refractivity contribution in [3.63, 3.8) is 0 Å². The lowest BCUT2D eigenvalue weighted by Crippen LogP contribution is -2.34. The molecule has 0 saturated heterocycles. The lowest BCUT2D eigenvalue weighted by Gasteiger charge is -2.15. The summed E-state index contributed by atoms with van der Waals surface area (Å²) < 4.78 is 2.38. The molecule has 0 spiro atoms. The van der Waals surface area contributed by atoms with Crippen molar-refractivity contribution in [1.82, 2.24) is 14.9 Å². The van der Waals surface area contributed by atoms with Crippen molar-refractivity contribution in [2.75, 3.05) is 5.75 Å². The van der Waals surface area contributed by atoms with E-state index in [-0.39, 0.29) is 23.3 Å². The Kier molecular flexibility index (Phi) is 7.50. The Morgan fingerprint density at radius 2 is 1.97 bits per heavy atom. The molecule has 0 aliphatic carbocycles. The van der Waals surface area contributed by atoms with Crippen LogP contribution in [-0.2, 0) is 17.8 Å². The molecule has 0 fully saturated rings. The zero-order valence-corrected chi connectivity index (χ0v) is 18.7. The van der Waals surface area contributed by atoms with Crippen molar-refractivity contribution in [3.05, 3.63) is 57.7 Å². The predicted molar refractivity (Wildman–Crippen MR) is 122 cm³/mol. The highest BCUT2D eigenvalue weighted by atomic mass is 32.2. The van der Waals surface area contributed by atoms with Crippen LogP contribution < -0.4 is 10.9 Å². The molecule has 0 aliphatic heterocycles. The second kappa shape index (κ2) is 10.1.